The molecular formula is C23H21N9O2. The molecule has 1 fully saturated rings. The van der Waals surface area contributed by atoms with Crippen LogP contribution in [0.5, 0.6) is 5.88 Å². The second kappa shape index (κ2) is 7.73. The number of rotatable bonds is 5. The fraction of sp³-hybridized carbons (Fsp3) is 0.174. The first-order chi connectivity index (χ1) is 16.5. The maximum Gasteiger partial charge on any atom is 0.326 e. The maximum atomic E-state index is 11.5. The van der Waals surface area contributed by atoms with Gasteiger partial charge in [-0.15, -0.1) is 0 Å². The van der Waals surface area contributed by atoms with Crippen molar-refractivity contribution in [1.82, 2.24) is 34.3 Å². The summed E-state index contributed by atoms with van der Waals surface area (Å²) in [5.41, 5.74) is 3.80. The van der Waals surface area contributed by atoms with Gasteiger partial charge in [0.1, 0.15) is 11.5 Å². The minimum absolute atomic E-state index is 0.241. The molecule has 0 amide bonds. The number of nitrogens with zero attached hydrogens (tertiary/aromatic N) is 6. The van der Waals surface area contributed by atoms with Crippen molar-refractivity contribution in [3.63, 3.8) is 0 Å². The van der Waals surface area contributed by atoms with E-state index in [1.54, 1.807) is 21.5 Å². The quantitative estimate of drug-likeness (QED) is 0.314. The largest absolute Gasteiger partial charge is 0.493 e. The topological polar surface area (TPSA) is 141 Å². The Hall–Kier alpha value is -4.67. The first kappa shape index (κ1) is 20.0. The Labute approximate surface area is 192 Å². The molecule has 11 nitrogen and oxygen atoms in total. The Morgan fingerprint density at radius 1 is 1.21 bits per heavy atom. The highest BCUT2D eigenvalue weighted by Crippen LogP contribution is 2.23. The van der Waals surface area contributed by atoms with Gasteiger partial charge in [-0.1, -0.05) is 12.1 Å². The number of fused-ring (bicyclic) bond motifs is 1. The molecule has 34 heavy (non-hydrogen) atoms. The highest BCUT2D eigenvalue weighted by molar-refractivity contribution is 5.66. The van der Waals surface area contributed by atoms with Crippen LogP contribution in [0.4, 0.5) is 11.5 Å². The van der Waals surface area contributed by atoms with Crippen LogP contribution in [0.2, 0.25) is 0 Å². The van der Waals surface area contributed by atoms with Gasteiger partial charge in [0.2, 0.25) is 5.88 Å². The fourth-order valence-corrected chi connectivity index (χ4v) is 3.70. The summed E-state index contributed by atoms with van der Waals surface area (Å²) < 4.78 is 3.44. The number of hydrogen-bond donors (Lipinski definition) is 4. The molecule has 0 radical (unpaired) electrons. The molecule has 170 valence electrons. The van der Waals surface area contributed by atoms with Crippen molar-refractivity contribution in [3.8, 4) is 17.1 Å². The van der Waals surface area contributed by atoms with E-state index in [1.165, 1.54) is 0 Å². The number of aryl methyl sites for hydroxylation is 1. The summed E-state index contributed by atoms with van der Waals surface area (Å²) in [5.74, 6) is 0.369. The van der Waals surface area contributed by atoms with Crippen molar-refractivity contribution in [1.29, 1.82) is 0 Å². The predicted octanol–water partition coefficient (Wildman–Crippen LogP) is 1.21. The summed E-state index contributed by atoms with van der Waals surface area (Å²) >= 11 is 0. The molecule has 0 atom stereocenters. The maximum absolute atomic E-state index is 11.5. The van der Waals surface area contributed by atoms with Crippen LogP contribution < -0.4 is 21.7 Å². The average Bonchev–Trinajstić information content (AvgIpc) is 3.22. The lowest BCUT2D eigenvalue weighted by Gasteiger charge is -2.07. The molecule has 1 aliphatic carbocycles. The van der Waals surface area contributed by atoms with Crippen molar-refractivity contribution in [2.45, 2.75) is 18.9 Å². The first-order valence-electron chi connectivity index (χ1n) is 10.8. The average molecular weight is 455 g/mol. The zero-order chi connectivity index (χ0) is 23.2. The van der Waals surface area contributed by atoms with Gasteiger partial charge in [-0.25, -0.2) is 9.78 Å². The monoisotopic (exact) mass is 455 g/mol. The van der Waals surface area contributed by atoms with Crippen LogP contribution in [0.15, 0.2) is 58.6 Å². The molecule has 4 aromatic heterocycles. The van der Waals surface area contributed by atoms with Crippen LogP contribution in [0.3, 0.4) is 0 Å². The van der Waals surface area contributed by atoms with Gasteiger partial charge in [0, 0.05) is 35.8 Å². The number of H-pyrrole nitrogens is 2. The van der Waals surface area contributed by atoms with E-state index < -0.39 is 5.69 Å². The molecule has 4 N–H and O–H groups in total. The lowest BCUT2D eigenvalue weighted by molar-refractivity contribution is 0.454. The van der Waals surface area contributed by atoms with Crippen molar-refractivity contribution in [3.05, 3.63) is 75.7 Å². The summed E-state index contributed by atoms with van der Waals surface area (Å²) in [6, 6.07) is 12.1. The molecule has 0 aliphatic heterocycles. The molecule has 1 aromatic carbocycles. The van der Waals surface area contributed by atoms with Crippen LogP contribution in [0, 0.1) is 0 Å². The number of imidazole rings is 1. The van der Waals surface area contributed by atoms with E-state index in [0.29, 0.717) is 22.2 Å². The lowest BCUT2D eigenvalue weighted by atomic mass is 10.1. The molecule has 11 heteroatoms. The van der Waals surface area contributed by atoms with E-state index in [1.807, 2.05) is 49.6 Å². The van der Waals surface area contributed by atoms with E-state index in [9.17, 15) is 9.90 Å². The highest BCUT2D eigenvalue weighted by atomic mass is 16.3. The van der Waals surface area contributed by atoms with Crippen LogP contribution >= 0.6 is 0 Å². The van der Waals surface area contributed by atoms with Gasteiger partial charge < -0.3 is 15.4 Å². The van der Waals surface area contributed by atoms with Gasteiger partial charge in [-0.3, -0.25) is 14.7 Å². The third-order valence-corrected chi connectivity index (χ3v) is 5.54. The summed E-state index contributed by atoms with van der Waals surface area (Å²) in [4.78, 5) is 25.9. The van der Waals surface area contributed by atoms with Crippen LogP contribution in [-0.2, 0) is 7.05 Å². The minimum atomic E-state index is -0.492. The second-order valence-corrected chi connectivity index (χ2v) is 8.26. The summed E-state index contributed by atoms with van der Waals surface area (Å²) in [7, 11) is 1.89. The standard InChI is InChI=1S/C23H21N9O2/c1-31-9-8-17(30-31)13-2-4-15(5-3-13)25-19-11-20(26-16-6-7-16)32-21(28-19)14(12-24-32)10-18-22(33)29-23(34)27-18/h2-5,8-12,16,25,33H,6-7H2,1H3,(H2,27,29,34). The van der Waals surface area contributed by atoms with E-state index in [-0.39, 0.29) is 17.6 Å². The normalized spacial score (nSPS) is 14.9. The van der Waals surface area contributed by atoms with E-state index in [4.69, 9.17) is 9.98 Å². The minimum Gasteiger partial charge on any atom is -0.493 e. The predicted molar refractivity (Wildman–Crippen MR) is 125 cm³/mol. The number of anilines is 2. The zero-order valence-electron chi connectivity index (χ0n) is 18.2. The highest BCUT2D eigenvalue weighted by Gasteiger charge is 2.20. The van der Waals surface area contributed by atoms with Gasteiger partial charge >= 0.3 is 5.69 Å². The Kier molecular flexibility index (Phi) is 4.54. The Bertz CT molecular complexity index is 1680. The molecule has 6 rings (SSSR count). The molecule has 5 aromatic rings. The fourth-order valence-electron chi connectivity index (χ4n) is 3.70. The molecular weight excluding hydrogens is 434 g/mol. The number of aromatic amines is 2. The molecule has 0 saturated heterocycles. The number of aromatic nitrogens is 7. The van der Waals surface area contributed by atoms with Crippen molar-refractivity contribution < 1.29 is 5.11 Å². The van der Waals surface area contributed by atoms with Crippen molar-refractivity contribution in [2.24, 2.45) is 12.0 Å². The summed E-state index contributed by atoms with van der Waals surface area (Å²) in [6.07, 6.45) is 7.27. The Morgan fingerprint density at radius 2 is 2.03 bits per heavy atom. The van der Waals surface area contributed by atoms with Gasteiger partial charge in [-0.05, 0) is 37.1 Å². The third-order valence-electron chi connectivity index (χ3n) is 5.54. The van der Waals surface area contributed by atoms with Gasteiger partial charge in [0.05, 0.1) is 17.9 Å². The van der Waals surface area contributed by atoms with Gasteiger partial charge in [0.25, 0.3) is 0 Å². The van der Waals surface area contributed by atoms with Crippen molar-refractivity contribution >= 4 is 23.2 Å². The molecule has 0 bridgehead atoms. The van der Waals surface area contributed by atoms with Crippen molar-refractivity contribution in [2.75, 3.05) is 5.32 Å². The SMILES string of the molecule is Cn1ccc(-c2ccc(Nc3cc(=NC4CC4)n4ncc(=Cc5[nH]c(=O)[nH]c5O)c4n3)cc2)n1. The molecule has 0 unspecified atom stereocenters. The van der Waals surface area contributed by atoms with Gasteiger partial charge in [-0.2, -0.15) is 14.7 Å². The first-order valence-corrected chi connectivity index (χ1v) is 10.8. The smallest absolute Gasteiger partial charge is 0.326 e. The van der Waals surface area contributed by atoms with Crippen LogP contribution in [0.1, 0.15) is 18.5 Å². The van der Waals surface area contributed by atoms with E-state index in [2.05, 4.69) is 25.5 Å². The van der Waals surface area contributed by atoms with Crippen LogP contribution in [0.25, 0.3) is 23.0 Å². The van der Waals surface area contributed by atoms with Gasteiger partial charge in [0.15, 0.2) is 11.1 Å². The van der Waals surface area contributed by atoms with Crippen LogP contribution in [-0.4, -0.2) is 45.5 Å². The number of aromatic hydroxyl groups is 1. The Morgan fingerprint density at radius 3 is 2.71 bits per heavy atom. The second-order valence-electron chi connectivity index (χ2n) is 8.26. The molecule has 4 heterocycles. The number of nitrogens with one attached hydrogen (secondary N) is 3. The summed E-state index contributed by atoms with van der Waals surface area (Å²) in [5, 5.41) is 22.8. The van der Waals surface area contributed by atoms with E-state index >= 15 is 0 Å². The summed E-state index contributed by atoms with van der Waals surface area (Å²) in [6.45, 7) is 0. The van der Waals surface area contributed by atoms with E-state index in [0.717, 1.165) is 29.8 Å². The lowest BCUT2D eigenvalue weighted by Crippen LogP contribution is -2.19. The third kappa shape index (κ3) is 3.83. The molecule has 1 saturated carbocycles. The molecule has 1 aliphatic rings. The zero-order valence-corrected chi connectivity index (χ0v) is 18.2. The molecule has 0 spiro atoms. The number of benzene rings is 1. The number of hydrogen-bond acceptors (Lipinski definition) is 7. The Balaban J connectivity index is 1.41.